The maximum absolute atomic E-state index is 13.2. The third kappa shape index (κ3) is 4.87. The quantitative estimate of drug-likeness (QED) is 0.876. The predicted molar refractivity (Wildman–Crippen MR) is 80.3 cm³/mol. The molecule has 0 fully saturated rings. The second-order valence-corrected chi connectivity index (χ2v) is 4.82. The highest BCUT2D eigenvalue weighted by Crippen LogP contribution is 2.15. The minimum atomic E-state index is -0.365. The molecule has 0 heterocycles. The zero-order valence-electron chi connectivity index (χ0n) is 11.3. The largest absolute Gasteiger partial charge is 0.384 e. The van der Waals surface area contributed by atoms with Gasteiger partial charge >= 0.3 is 0 Å². The van der Waals surface area contributed by atoms with Gasteiger partial charge in [-0.15, -0.1) is 0 Å². The molecule has 0 saturated heterocycles. The Bertz CT molecular complexity index is 674. The summed E-state index contributed by atoms with van der Waals surface area (Å²) in [6, 6.07) is 11.7. The standard InChI is InChI=1S/C17H14ClFO2/c18-16-5-1-3-13(9-16)11-21-12-15-6-7-17(19)10-14(15)4-2-8-20/h1,3,5-7,9-10,20H,8,11-12H2. The fraction of sp³-hybridized carbons (Fsp3) is 0.176. The lowest BCUT2D eigenvalue weighted by Gasteiger charge is -2.07. The zero-order valence-corrected chi connectivity index (χ0v) is 12.0. The van der Waals surface area contributed by atoms with Gasteiger partial charge in [-0.3, -0.25) is 0 Å². The topological polar surface area (TPSA) is 29.5 Å². The first-order valence-electron chi connectivity index (χ1n) is 6.39. The molecule has 2 nitrogen and oxygen atoms in total. The molecule has 0 amide bonds. The van der Waals surface area contributed by atoms with Crippen molar-refractivity contribution in [2.24, 2.45) is 0 Å². The van der Waals surface area contributed by atoms with Gasteiger partial charge in [-0.1, -0.05) is 41.6 Å². The Kier molecular flexibility index (Phi) is 5.77. The Balaban J connectivity index is 2.02. The molecule has 2 rings (SSSR count). The van der Waals surface area contributed by atoms with Crippen LogP contribution in [-0.4, -0.2) is 11.7 Å². The summed E-state index contributed by atoms with van der Waals surface area (Å²) in [5.74, 6) is 4.87. The van der Waals surface area contributed by atoms with Crippen LogP contribution in [0.2, 0.25) is 5.02 Å². The molecule has 0 unspecified atom stereocenters. The Labute approximate surface area is 128 Å². The van der Waals surface area contributed by atoms with Crippen LogP contribution in [0.3, 0.4) is 0 Å². The summed E-state index contributed by atoms with van der Waals surface area (Å²) in [7, 11) is 0. The molecule has 108 valence electrons. The van der Waals surface area contributed by atoms with Crippen molar-refractivity contribution in [1.29, 1.82) is 0 Å². The maximum Gasteiger partial charge on any atom is 0.124 e. The van der Waals surface area contributed by atoms with Gasteiger partial charge in [0.05, 0.1) is 13.2 Å². The van der Waals surface area contributed by atoms with Gasteiger partial charge in [0.25, 0.3) is 0 Å². The molecule has 4 heteroatoms. The van der Waals surface area contributed by atoms with E-state index in [9.17, 15) is 4.39 Å². The van der Waals surface area contributed by atoms with Gasteiger partial charge in [0.15, 0.2) is 0 Å². The molecule has 0 spiro atoms. The molecule has 0 aromatic heterocycles. The second-order valence-electron chi connectivity index (χ2n) is 4.38. The van der Waals surface area contributed by atoms with Crippen LogP contribution in [0.4, 0.5) is 4.39 Å². The molecular weight excluding hydrogens is 291 g/mol. The number of halogens is 2. The Morgan fingerprint density at radius 3 is 2.76 bits per heavy atom. The summed E-state index contributed by atoms with van der Waals surface area (Å²) in [5, 5.41) is 9.39. The smallest absolute Gasteiger partial charge is 0.124 e. The lowest BCUT2D eigenvalue weighted by Crippen LogP contribution is -1.97. The predicted octanol–water partition coefficient (Wildman–Crippen LogP) is 3.54. The summed E-state index contributed by atoms with van der Waals surface area (Å²) in [6.07, 6.45) is 0. The van der Waals surface area contributed by atoms with Crippen LogP contribution in [0, 0.1) is 17.7 Å². The van der Waals surface area contributed by atoms with Crippen LogP contribution in [0.5, 0.6) is 0 Å². The van der Waals surface area contributed by atoms with Crippen LogP contribution in [0.15, 0.2) is 42.5 Å². The van der Waals surface area contributed by atoms with E-state index in [0.717, 1.165) is 11.1 Å². The minimum absolute atomic E-state index is 0.265. The van der Waals surface area contributed by atoms with Crippen LogP contribution in [0.1, 0.15) is 16.7 Å². The minimum Gasteiger partial charge on any atom is -0.384 e. The maximum atomic E-state index is 13.2. The van der Waals surface area contributed by atoms with Crippen molar-refractivity contribution in [2.45, 2.75) is 13.2 Å². The van der Waals surface area contributed by atoms with Crippen LogP contribution in [0.25, 0.3) is 0 Å². The number of rotatable bonds is 4. The van der Waals surface area contributed by atoms with Crippen molar-refractivity contribution < 1.29 is 14.2 Å². The number of benzene rings is 2. The molecule has 2 aromatic carbocycles. The van der Waals surface area contributed by atoms with E-state index in [0.29, 0.717) is 23.8 Å². The normalized spacial score (nSPS) is 10.0. The first-order chi connectivity index (χ1) is 10.2. The van der Waals surface area contributed by atoms with Gasteiger partial charge in [-0.05, 0) is 35.4 Å². The van der Waals surface area contributed by atoms with Crippen molar-refractivity contribution >= 4 is 11.6 Å². The summed E-state index contributed by atoms with van der Waals surface area (Å²) in [6.45, 7) is 0.451. The molecule has 0 aliphatic heterocycles. The van der Waals surface area contributed by atoms with Gasteiger partial charge in [0.2, 0.25) is 0 Å². The van der Waals surface area contributed by atoms with Crippen molar-refractivity contribution in [3.8, 4) is 11.8 Å². The Morgan fingerprint density at radius 1 is 1.14 bits per heavy atom. The number of ether oxygens (including phenoxy) is 1. The monoisotopic (exact) mass is 304 g/mol. The summed E-state index contributed by atoms with van der Waals surface area (Å²) >= 11 is 5.90. The first-order valence-corrected chi connectivity index (χ1v) is 6.77. The van der Waals surface area contributed by atoms with Crippen molar-refractivity contribution in [3.05, 3.63) is 70.0 Å². The molecule has 0 aliphatic rings. The average Bonchev–Trinajstić information content (AvgIpc) is 2.47. The second kappa shape index (κ2) is 7.80. The highest BCUT2D eigenvalue weighted by molar-refractivity contribution is 6.30. The third-order valence-electron chi connectivity index (χ3n) is 2.79. The number of hydrogen-bond acceptors (Lipinski definition) is 2. The van der Waals surface area contributed by atoms with Gasteiger partial charge in [0.1, 0.15) is 12.4 Å². The number of hydrogen-bond donors (Lipinski definition) is 1. The molecule has 0 saturated carbocycles. The van der Waals surface area contributed by atoms with Crippen LogP contribution >= 0.6 is 11.6 Å². The SMILES string of the molecule is OCC#Cc1cc(F)ccc1COCc1cccc(Cl)c1. The summed E-state index contributed by atoms with van der Waals surface area (Å²) in [5.41, 5.74) is 2.27. The summed E-state index contributed by atoms with van der Waals surface area (Å²) < 4.78 is 18.8. The molecule has 0 radical (unpaired) electrons. The molecular formula is C17H14ClFO2. The van der Waals surface area contributed by atoms with E-state index in [-0.39, 0.29) is 12.4 Å². The van der Waals surface area contributed by atoms with Crippen LogP contribution < -0.4 is 0 Å². The third-order valence-corrected chi connectivity index (χ3v) is 3.02. The van der Waals surface area contributed by atoms with E-state index in [4.69, 9.17) is 21.4 Å². The molecule has 2 aromatic rings. The van der Waals surface area contributed by atoms with Gasteiger partial charge in [-0.2, -0.15) is 0 Å². The van der Waals surface area contributed by atoms with Gasteiger partial charge in [0, 0.05) is 10.6 Å². The fourth-order valence-corrected chi connectivity index (χ4v) is 2.04. The highest BCUT2D eigenvalue weighted by atomic mass is 35.5. The fourth-order valence-electron chi connectivity index (χ4n) is 1.83. The zero-order chi connectivity index (χ0) is 15.1. The molecule has 21 heavy (non-hydrogen) atoms. The Morgan fingerprint density at radius 2 is 2.00 bits per heavy atom. The highest BCUT2D eigenvalue weighted by Gasteiger charge is 2.03. The number of aliphatic hydroxyl groups excluding tert-OH is 1. The van der Waals surface area contributed by atoms with Gasteiger partial charge < -0.3 is 9.84 Å². The summed E-state index contributed by atoms with van der Waals surface area (Å²) in [4.78, 5) is 0. The van der Waals surface area contributed by atoms with E-state index >= 15 is 0 Å². The van der Waals surface area contributed by atoms with E-state index in [1.165, 1.54) is 12.1 Å². The van der Waals surface area contributed by atoms with Crippen LogP contribution in [-0.2, 0) is 18.0 Å². The van der Waals surface area contributed by atoms with Crippen molar-refractivity contribution in [1.82, 2.24) is 0 Å². The van der Waals surface area contributed by atoms with Gasteiger partial charge in [-0.25, -0.2) is 4.39 Å². The van der Waals surface area contributed by atoms with Crippen molar-refractivity contribution in [3.63, 3.8) is 0 Å². The number of aliphatic hydroxyl groups is 1. The lowest BCUT2D eigenvalue weighted by molar-refractivity contribution is 0.107. The van der Waals surface area contributed by atoms with E-state index in [2.05, 4.69) is 11.8 Å². The molecule has 0 bridgehead atoms. The molecule has 0 atom stereocenters. The lowest BCUT2D eigenvalue weighted by atomic mass is 10.1. The van der Waals surface area contributed by atoms with E-state index in [1.54, 1.807) is 12.1 Å². The molecule has 1 N–H and O–H groups in total. The molecule has 0 aliphatic carbocycles. The van der Waals surface area contributed by atoms with Crippen molar-refractivity contribution in [2.75, 3.05) is 6.61 Å². The van der Waals surface area contributed by atoms with E-state index < -0.39 is 0 Å². The van der Waals surface area contributed by atoms with E-state index in [1.807, 2.05) is 18.2 Å². The Hall–Kier alpha value is -1.86. The first kappa shape index (κ1) is 15.5. The average molecular weight is 305 g/mol.